The first-order valence-electron chi connectivity index (χ1n) is 8.61. The molecule has 3 aromatic carbocycles. The summed E-state index contributed by atoms with van der Waals surface area (Å²) >= 11 is 0. The quantitative estimate of drug-likeness (QED) is 0.471. The van der Waals surface area contributed by atoms with Gasteiger partial charge in [0.1, 0.15) is 12.4 Å². The number of hydrogen-bond donors (Lipinski definition) is 1. The average molecular weight is 364 g/mol. The zero-order valence-corrected chi connectivity index (χ0v) is 15.1. The minimum Gasteiger partial charge on any atom is -0.493 e. The number of ether oxygens (including phenoxy) is 2. The van der Waals surface area contributed by atoms with Crippen molar-refractivity contribution in [3.8, 4) is 11.5 Å². The van der Waals surface area contributed by atoms with Gasteiger partial charge in [0.25, 0.3) is 0 Å². The fraction of sp³-hybridized carbons (Fsp3) is 0.136. The molecule has 0 spiro atoms. The van der Waals surface area contributed by atoms with Gasteiger partial charge in [-0.3, -0.25) is 0 Å². The molecule has 0 amide bonds. The Morgan fingerprint density at radius 1 is 0.963 bits per heavy atom. The van der Waals surface area contributed by atoms with E-state index in [4.69, 9.17) is 9.47 Å². The summed E-state index contributed by atoms with van der Waals surface area (Å²) < 4.78 is 25.1. The van der Waals surface area contributed by atoms with Crippen molar-refractivity contribution in [1.82, 2.24) is 5.43 Å². The van der Waals surface area contributed by atoms with Crippen molar-refractivity contribution in [2.24, 2.45) is 5.10 Å². The van der Waals surface area contributed by atoms with Gasteiger partial charge >= 0.3 is 0 Å². The molecule has 0 unspecified atom stereocenters. The molecule has 0 bridgehead atoms. The molecular formula is C22H21FN2O2. The third kappa shape index (κ3) is 5.07. The smallest absolute Gasteiger partial charge is 0.170 e. The van der Waals surface area contributed by atoms with Crippen LogP contribution in [-0.4, -0.2) is 13.3 Å². The van der Waals surface area contributed by atoms with E-state index >= 15 is 0 Å². The molecule has 3 aromatic rings. The van der Waals surface area contributed by atoms with E-state index in [0.717, 1.165) is 11.1 Å². The van der Waals surface area contributed by atoms with Crippen molar-refractivity contribution in [2.75, 3.05) is 7.11 Å². The van der Waals surface area contributed by atoms with E-state index in [1.54, 1.807) is 37.6 Å². The lowest BCUT2D eigenvalue weighted by molar-refractivity contribution is 0.279. The number of methoxy groups -OCH3 is 1. The molecule has 0 fully saturated rings. The van der Waals surface area contributed by atoms with Crippen LogP contribution in [0, 0.1) is 5.82 Å². The summed E-state index contributed by atoms with van der Waals surface area (Å²) in [6.07, 6.45) is 1.67. The molecule has 1 N–H and O–H groups in total. The predicted octanol–water partition coefficient (Wildman–Crippen LogP) is 4.54. The van der Waals surface area contributed by atoms with Gasteiger partial charge in [-0.15, -0.1) is 0 Å². The second-order valence-electron chi connectivity index (χ2n) is 5.84. The van der Waals surface area contributed by atoms with E-state index in [1.165, 1.54) is 6.07 Å². The first-order chi connectivity index (χ1) is 13.3. The molecule has 0 saturated heterocycles. The largest absolute Gasteiger partial charge is 0.493 e. The molecule has 0 atom stereocenters. The van der Waals surface area contributed by atoms with Crippen LogP contribution in [-0.2, 0) is 13.2 Å². The molecule has 0 saturated carbocycles. The Balaban J connectivity index is 1.71. The number of para-hydroxylation sites is 1. The first kappa shape index (κ1) is 18.5. The predicted molar refractivity (Wildman–Crippen MR) is 105 cm³/mol. The molecule has 0 heterocycles. The van der Waals surface area contributed by atoms with Crippen LogP contribution in [0.25, 0.3) is 0 Å². The first-order valence-corrected chi connectivity index (χ1v) is 8.61. The maximum atomic E-state index is 13.8. The number of nitrogens with zero attached hydrogens (tertiary/aromatic N) is 1. The number of hydrogen-bond acceptors (Lipinski definition) is 4. The highest BCUT2D eigenvalue weighted by Gasteiger charge is 2.11. The van der Waals surface area contributed by atoms with Gasteiger partial charge in [-0.05, 0) is 23.8 Å². The molecule has 0 aliphatic rings. The van der Waals surface area contributed by atoms with Gasteiger partial charge in [-0.1, -0.05) is 54.6 Å². The summed E-state index contributed by atoms with van der Waals surface area (Å²) in [5.74, 6) is 0.791. The summed E-state index contributed by atoms with van der Waals surface area (Å²) in [6, 6.07) is 22.0. The van der Waals surface area contributed by atoms with Crippen LogP contribution in [0.2, 0.25) is 0 Å². The van der Waals surface area contributed by atoms with Gasteiger partial charge in [0.05, 0.1) is 19.9 Å². The third-order valence-corrected chi connectivity index (χ3v) is 3.98. The normalized spacial score (nSPS) is 10.7. The molecule has 27 heavy (non-hydrogen) atoms. The van der Waals surface area contributed by atoms with E-state index in [-0.39, 0.29) is 12.4 Å². The lowest BCUT2D eigenvalue weighted by Crippen LogP contribution is -2.06. The number of halogens is 1. The zero-order chi connectivity index (χ0) is 18.9. The summed E-state index contributed by atoms with van der Waals surface area (Å²) in [5.41, 5.74) is 5.37. The van der Waals surface area contributed by atoms with Crippen molar-refractivity contribution in [1.29, 1.82) is 0 Å². The van der Waals surface area contributed by atoms with E-state index in [9.17, 15) is 4.39 Å². The van der Waals surface area contributed by atoms with Gasteiger partial charge in [0, 0.05) is 11.1 Å². The van der Waals surface area contributed by atoms with E-state index < -0.39 is 0 Å². The van der Waals surface area contributed by atoms with Crippen LogP contribution in [0.3, 0.4) is 0 Å². The second-order valence-corrected chi connectivity index (χ2v) is 5.84. The summed E-state index contributed by atoms with van der Waals surface area (Å²) in [5, 5.41) is 4.26. The van der Waals surface area contributed by atoms with E-state index in [2.05, 4.69) is 10.5 Å². The Kier molecular flexibility index (Phi) is 6.41. The maximum absolute atomic E-state index is 13.8. The Bertz CT molecular complexity index is 898. The van der Waals surface area contributed by atoms with Crippen molar-refractivity contribution in [2.45, 2.75) is 13.2 Å². The Morgan fingerprint density at radius 3 is 2.52 bits per heavy atom. The number of benzene rings is 3. The highest BCUT2D eigenvalue weighted by atomic mass is 19.1. The monoisotopic (exact) mass is 364 g/mol. The summed E-state index contributed by atoms with van der Waals surface area (Å²) in [6.45, 7) is 0.720. The highest BCUT2D eigenvalue weighted by molar-refractivity contribution is 5.84. The third-order valence-electron chi connectivity index (χ3n) is 3.98. The van der Waals surface area contributed by atoms with Gasteiger partial charge in [-0.25, -0.2) is 4.39 Å². The fourth-order valence-electron chi connectivity index (χ4n) is 2.56. The molecule has 0 aliphatic heterocycles. The lowest BCUT2D eigenvalue weighted by atomic mass is 10.2. The van der Waals surface area contributed by atoms with Crippen LogP contribution in [0.1, 0.15) is 16.7 Å². The van der Waals surface area contributed by atoms with Gasteiger partial charge in [-0.2, -0.15) is 5.10 Å². The van der Waals surface area contributed by atoms with E-state index in [1.807, 2.05) is 42.5 Å². The topological polar surface area (TPSA) is 42.8 Å². The number of nitrogens with one attached hydrogen (secondary N) is 1. The summed E-state index contributed by atoms with van der Waals surface area (Å²) in [4.78, 5) is 0. The molecule has 3 rings (SSSR count). The van der Waals surface area contributed by atoms with Crippen LogP contribution in [0.4, 0.5) is 4.39 Å². The standard InChI is InChI=1S/C22H21FN2O2/c1-26-21-13-7-11-18(15-25-24-14-17-8-3-2-4-9-17)22(21)27-16-19-10-5-6-12-20(19)23/h2-13,15,24H,14,16H2,1H3. The van der Waals surface area contributed by atoms with Gasteiger partial charge in [0.2, 0.25) is 0 Å². The minimum absolute atomic E-state index is 0.103. The van der Waals surface area contributed by atoms with Crippen LogP contribution in [0.5, 0.6) is 11.5 Å². The van der Waals surface area contributed by atoms with Gasteiger partial charge < -0.3 is 14.9 Å². The van der Waals surface area contributed by atoms with Crippen LogP contribution >= 0.6 is 0 Å². The van der Waals surface area contributed by atoms with Crippen molar-refractivity contribution in [3.63, 3.8) is 0 Å². The Morgan fingerprint density at radius 2 is 1.74 bits per heavy atom. The second kappa shape index (κ2) is 9.38. The summed E-state index contributed by atoms with van der Waals surface area (Å²) in [7, 11) is 1.57. The maximum Gasteiger partial charge on any atom is 0.170 e. The molecule has 138 valence electrons. The highest BCUT2D eigenvalue weighted by Crippen LogP contribution is 2.31. The van der Waals surface area contributed by atoms with Crippen molar-refractivity contribution >= 4 is 6.21 Å². The lowest BCUT2D eigenvalue weighted by Gasteiger charge is -2.13. The van der Waals surface area contributed by atoms with Gasteiger partial charge in [0.15, 0.2) is 11.5 Å². The fourth-order valence-corrected chi connectivity index (χ4v) is 2.56. The molecule has 0 aliphatic carbocycles. The SMILES string of the molecule is COc1cccc(C=NNCc2ccccc2)c1OCc1ccccc1F. The molecule has 4 nitrogen and oxygen atoms in total. The number of rotatable bonds is 8. The molecular weight excluding hydrogens is 343 g/mol. The number of hydrazone groups is 1. The zero-order valence-electron chi connectivity index (χ0n) is 15.1. The average Bonchev–Trinajstić information content (AvgIpc) is 2.71. The van der Waals surface area contributed by atoms with Crippen molar-refractivity contribution in [3.05, 3.63) is 95.3 Å². The molecule has 0 radical (unpaired) electrons. The van der Waals surface area contributed by atoms with Crippen molar-refractivity contribution < 1.29 is 13.9 Å². The minimum atomic E-state index is -0.299. The molecule has 0 aromatic heterocycles. The van der Waals surface area contributed by atoms with Crippen LogP contribution in [0.15, 0.2) is 77.9 Å². The van der Waals surface area contributed by atoms with Crippen LogP contribution < -0.4 is 14.9 Å². The molecule has 5 heteroatoms. The Hall–Kier alpha value is -3.34. The Labute approximate surface area is 158 Å². The van der Waals surface area contributed by atoms with E-state index in [0.29, 0.717) is 23.6 Å².